The Morgan fingerprint density at radius 1 is 1.14 bits per heavy atom. The van der Waals surface area contributed by atoms with Crippen LogP contribution < -0.4 is 10.6 Å². The van der Waals surface area contributed by atoms with E-state index in [1.165, 1.54) is 38.8 Å². The molecule has 3 N–H and O–H groups in total. The van der Waals surface area contributed by atoms with Crippen LogP contribution in [-0.2, 0) is 0 Å². The lowest BCUT2D eigenvalue weighted by Gasteiger charge is -2.32. The van der Waals surface area contributed by atoms with E-state index in [4.69, 9.17) is 5.73 Å². The fourth-order valence-electron chi connectivity index (χ4n) is 3.81. The molecular formula is C16H23N5. The van der Waals surface area contributed by atoms with Crippen molar-refractivity contribution >= 4 is 22.3 Å². The van der Waals surface area contributed by atoms with Gasteiger partial charge < -0.3 is 10.6 Å². The highest BCUT2D eigenvalue weighted by molar-refractivity contribution is 5.89. The molecule has 5 heteroatoms. The summed E-state index contributed by atoms with van der Waals surface area (Å²) in [6.07, 6.45) is 7.20. The molecule has 2 aliphatic rings. The summed E-state index contributed by atoms with van der Waals surface area (Å²) < 4.78 is 0. The Balaban J connectivity index is 1.54. The van der Waals surface area contributed by atoms with Crippen LogP contribution in [0.1, 0.15) is 25.7 Å². The number of nitrogens with one attached hydrogen (secondary N) is 1. The van der Waals surface area contributed by atoms with Crippen molar-refractivity contribution in [3.05, 3.63) is 18.3 Å². The molecule has 2 fully saturated rings. The maximum absolute atomic E-state index is 6.25. The van der Waals surface area contributed by atoms with Crippen molar-refractivity contribution in [2.75, 3.05) is 36.8 Å². The molecular weight excluding hydrogens is 262 g/mol. The molecule has 112 valence electrons. The van der Waals surface area contributed by atoms with E-state index >= 15 is 0 Å². The summed E-state index contributed by atoms with van der Waals surface area (Å²) in [6, 6.07) is 4.88. The van der Waals surface area contributed by atoms with E-state index in [-0.39, 0.29) is 0 Å². The van der Waals surface area contributed by atoms with Gasteiger partial charge in [-0.3, -0.25) is 10.00 Å². The number of fused-ring (bicyclic) bond motifs is 1. The van der Waals surface area contributed by atoms with Crippen LogP contribution in [0.3, 0.4) is 0 Å². The van der Waals surface area contributed by atoms with Crippen molar-refractivity contribution < 1.29 is 0 Å². The standard InChI is InChI=1S/C16H23N5/c17-14-8-12-10-18-19-15(12)9-16(14)21-7-4-13(11-21)20-5-2-1-3-6-20/h8-10,13H,1-7,11,17H2,(H,18,19). The third kappa shape index (κ3) is 2.35. The van der Waals surface area contributed by atoms with Crippen LogP contribution in [0.2, 0.25) is 0 Å². The van der Waals surface area contributed by atoms with Crippen molar-refractivity contribution in [3.63, 3.8) is 0 Å². The first-order chi connectivity index (χ1) is 10.3. The number of H-pyrrole nitrogens is 1. The molecule has 1 unspecified atom stereocenters. The number of nitrogen functional groups attached to an aromatic ring is 1. The van der Waals surface area contributed by atoms with Crippen LogP contribution in [0.5, 0.6) is 0 Å². The fraction of sp³-hybridized carbons (Fsp3) is 0.562. The lowest BCUT2D eigenvalue weighted by molar-refractivity contribution is 0.175. The molecule has 0 bridgehead atoms. The van der Waals surface area contributed by atoms with Gasteiger partial charge in [-0.05, 0) is 44.5 Å². The van der Waals surface area contributed by atoms with Gasteiger partial charge in [-0.25, -0.2) is 0 Å². The molecule has 2 aromatic rings. The van der Waals surface area contributed by atoms with Crippen LogP contribution in [0, 0.1) is 0 Å². The zero-order valence-corrected chi connectivity index (χ0v) is 12.4. The normalized spacial score (nSPS) is 24.0. The molecule has 0 radical (unpaired) electrons. The average Bonchev–Trinajstić information content (AvgIpc) is 3.15. The number of anilines is 2. The predicted molar refractivity (Wildman–Crippen MR) is 86.5 cm³/mol. The SMILES string of the molecule is Nc1cc2cn[nH]c2cc1N1CCC(N2CCCCC2)C1. The van der Waals surface area contributed by atoms with Crippen LogP contribution in [0.25, 0.3) is 10.9 Å². The van der Waals surface area contributed by atoms with Gasteiger partial charge in [-0.15, -0.1) is 0 Å². The maximum atomic E-state index is 6.25. The topological polar surface area (TPSA) is 61.2 Å². The van der Waals surface area contributed by atoms with E-state index in [2.05, 4.69) is 26.1 Å². The third-order valence-electron chi connectivity index (χ3n) is 5.00. The molecule has 5 nitrogen and oxygen atoms in total. The Labute approximate surface area is 125 Å². The van der Waals surface area contributed by atoms with Crippen LogP contribution in [0.4, 0.5) is 11.4 Å². The van der Waals surface area contributed by atoms with Crippen molar-refractivity contribution in [2.45, 2.75) is 31.7 Å². The van der Waals surface area contributed by atoms with Crippen molar-refractivity contribution in [3.8, 4) is 0 Å². The van der Waals surface area contributed by atoms with Crippen molar-refractivity contribution in [1.82, 2.24) is 15.1 Å². The Morgan fingerprint density at radius 2 is 2.00 bits per heavy atom. The minimum Gasteiger partial charge on any atom is -0.397 e. The number of benzene rings is 1. The number of likely N-dealkylation sites (tertiary alicyclic amines) is 1. The molecule has 2 aliphatic heterocycles. The molecule has 21 heavy (non-hydrogen) atoms. The highest BCUT2D eigenvalue weighted by Gasteiger charge is 2.29. The smallest absolute Gasteiger partial charge is 0.0672 e. The molecule has 1 atom stereocenters. The molecule has 4 rings (SSSR count). The molecule has 1 aromatic heterocycles. The highest BCUT2D eigenvalue weighted by Crippen LogP contribution is 2.32. The van der Waals surface area contributed by atoms with Gasteiger partial charge in [-0.1, -0.05) is 6.42 Å². The molecule has 2 saturated heterocycles. The van der Waals surface area contributed by atoms with Gasteiger partial charge in [0.25, 0.3) is 0 Å². The zero-order valence-electron chi connectivity index (χ0n) is 12.4. The fourth-order valence-corrected chi connectivity index (χ4v) is 3.81. The van der Waals surface area contributed by atoms with Gasteiger partial charge in [0.15, 0.2) is 0 Å². The summed E-state index contributed by atoms with van der Waals surface area (Å²) in [5.41, 5.74) is 9.35. The monoisotopic (exact) mass is 285 g/mol. The second kappa shape index (κ2) is 5.22. The van der Waals surface area contributed by atoms with Crippen LogP contribution in [0.15, 0.2) is 18.3 Å². The van der Waals surface area contributed by atoms with E-state index in [0.29, 0.717) is 6.04 Å². The number of aromatic nitrogens is 2. The molecule has 0 saturated carbocycles. The number of nitrogens with zero attached hydrogens (tertiary/aromatic N) is 3. The molecule has 0 spiro atoms. The minimum atomic E-state index is 0.696. The van der Waals surface area contributed by atoms with Gasteiger partial charge >= 0.3 is 0 Å². The number of nitrogens with two attached hydrogens (primary N) is 1. The first-order valence-corrected chi connectivity index (χ1v) is 8.03. The minimum absolute atomic E-state index is 0.696. The summed E-state index contributed by atoms with van der Waals surface area (Å²) in [4.78, 5) is 5.11. The quantitative estimate of drug-likeness (QED) is 0.831. The lowest BCUT2D eigenvalue weighted by Crippen LogP contribution is -2.40. The largest absolute Gasteiger partial charge is 0.397 e. The number of hydrogen-bond acceptors (Lipinski definition) is 4. The van der Waals surface area contributed by atoms with Gasteiger partial charge in [-0.2, -0.15) is 5.10 Å². The Kier molecular flexibility index (Phi) is 3.22. The molecule has 0 amide bonds. The summed E-state index contributed by atoms with van der Waals surface area (Å²) in [5, 5.41) is 8.22. The third-order valence-corrected chi connectivity index (χ3v) is 5.00. The molecule has 0 aliphatic carbocycles. The predicted octanol–water partition coefficient (Wildman–Crippen LogP) is 2.21. The Morgan fingerprint density at radius 3 is 2.86 bits per heavy atom. The summed E-state index contributed by atoms with van der Waals surface area (Å²) in [6.45, 7) is 4.75. The van der Waals surface area contributed by atoms with Gasteiger partial charge in [0.2, 0.25) is 0 Å². The van der Waals surface area contributed by atoms with Gasteiger partial charge in [0, 0.05) is 24.5 Å². The summed E-state index contributed by atoms with van der Waals surface area (Å²) in [5.74, 6) is 0. The zero-order chi connectivity index (χ0) is 14.2. The number of hydrogen-bond donors (Lipinski definition) is 2. The van der Waals surface area contributed by atoms with E-state index in [1.54, 1.807) is 0 Å². The lowest BCUT2D eigenvalue weighted by atomic mass is 10.1. The summed E-state index contributed by atoms with van der Waals surface area (Å²) in [7, 11) is 0. The van der Waals surface area contributed by atoms with Gasteiger partial charge in [0.05, 0.1) is 23.1 Å². The van der Waals surface area contributed by atoms with E-state index in [0.717, 1.165) is 35.4 Å². The van der Waals surface area contributed by atoms with E-state index < -0.39 is 0 Å². The van der Waals surface area contributed by atoms with E-state index in [1.807, 2.05) is 12.3 Å². The number of aromatic amines is 1. The number of rotatable bonds is 2. The average molecular weight is 285 g/mol. The summed E-state index contributed by atoms with van der Waals surface area (Å²) >= 11 is 0. The van der Waals surface area contributed by atoms with Crippen molar-refractivity contribution in [2.24, 2.45) is 0 Å². The first-order valence-electron chi connectivity index (χ1n) is 8.03. The Bertz CT molecular complexity index is 629. The second-order valence-electron chi connectivity index (χ2n) is 6.35. The van der Waals surface area contributed by atoms with Gasteiger partial charge in [0.1, 0.15) is 0 Å². The first kappa shape index (κ1) is 13.0. The highest BCUT2D eigenvalue weighted by atomic mass is 15.3. The second-order valence-corrected chi connectivity index (χ2v) is 6.35. The van der Waals surface area contributed by atoms with E-state index in [9.17, 15) is 0 Å². The van der Waals surface area contributed by atoms with Crippen molar-refractivity contribution in [1.29, 1.82) is 0 Å². The molecule has 3 heterocycles. The van der Waals surface area contributed by atoms with Crippen LogP contribution >= 0.6 is 0 Å². The number of piperidine rings is 1. The van der Waals surface area contributed by atoms with Crippen LogP contribution in [-0.4, -0.2) is 47.3 Å². The Hall–Kier alpha value is -1.75. The maximum Gasteiger partial charge on any atom is 0.0672 e. The molecule has 1 aromatic carbocycles.